The van der Waals surface area contributed by atoms with E-state index < -0.39 is 0 Å². The van der Waals surface area contributed by atoms with E-state index in [0.717, 1.165) is 18.4 Å². The molecule has 0 radical (unpaired) electrons. The van der Waals surface area contributed by atoms with Gasteiger partial charge in [0.1, 0.15) is 6.26 Å². The third kappa shape index (κ3) is 6.22. The monoisotopic (exact) mass is 385 g/mol. The first-order chi connectivity index (χ1) is 13.4. The quantitative estimate of drug-likeness (QED) is 0.672. The fourth-order valence-corrected chi connectivity index (χ4v) is 2.78. The Morgan fingerprint density at radius 3 is 2.50 bits per heavy atom. The summed E-state index contributed by atoms with van der Waals surface area (Å²) in [4.78, 5) is 31.1. The van der Waals surface area contributed by atoms with Crippen molar-refractivity contribution in [1.82, 2.24) is 15.2 Å². The SMILES string of the molecule is CC[C@@H](C)N(Cc1nc(C(=O)N[C@@H](C)CC)co1)C(=O)CCc1ccccc1. The van der Waals surface area contributed by atoms with Gasteiger partial charge in [-0.1, -0.05) is 44.2 Å². The predicted molar refractivity (Wildman–Crippen MR) is 109 cm³/mol. The molecule has 2 rings (SSSR count). The van der Waals surface area contributed by atoms with E-state index >= 15 is 0 Å². The van der Waals surface area contributed by atoms with Crippen LogP contribution in [-0.2, 0) is 17.8 Å². The molecule has 0 saturated carbocycles. The molecule has 0 fully saturated rings. The van der Waals surface area contributed by atoms with E-state index in [4.69, 9.17) is 4.42 Å². The van der Waals surface area contributed by atoms with Gasteiger partial charge in [0, 0.05) is 18.5 Å². The summed E-state index contributed by atoms with van der Waals surface area (Å²) in [7, 11) is 0. The smallest absolute Gasteiger partial charge is 0.273 e. The molecule has 0 aliphatic rings. The molecule has 0 spiro atoms. The molecule has 0 bridgehead atoms. The summed E-state index contributed by atoms with van der Waals surface area (Å²) < 4.78 is 5.47. The first-order valence-electron chi connectivity index (χ1n) is 10.0. The number of carbonyl (C=O) groups excluding carboxylic acids is 2. The Morgan fingerprint density at radius 2 is 1.86 bits per heavy atom. The highest BCUT2D eigenvalue weighted by Crippen LogP contribution is 2.14. The minimum absolute atomic E-state index is 0.0574. The van der Waals surface area contributed by atoms with E-state index in [-0.39, 0.29) is 36.1 Å². The summed E-state index contributed by atoms with van der Waals surface area (Å²) in [6.07, 6.45) is 4.15. The number of carbonyl (C=O) groups is 2. The third-order valence-corrected chi connectivity index (χ3v) is 4.99. The number of nitrogens with one attached hydrogen (secondary N) is 1. The maximum atomic E-state index is 12.8. The molecule has 6 nitrogen and oxygen atoms in total. The lowest BCUT2D eigenvalue weighted by Gasteiger charge is -2.27. The molecule has 2 amide bonds. The second kappa shape index (κ2) is 10.6. The standard InChI is InChI=1S/C22H31N3O3/c1-5-16(3)23-22(27)19-15-28-20(24-19)14-25(17(4)6-2)21(26)13-12-18-10-8-7-9-11-18/h7-11,15-17H,5-6,12-14H2,1-4H3,(H,23,27)/t16-,17+/m0/s1. The van der Waals surface area contributed by atoms with Gasteiger partial charge in [0.15, 0.2) is 5.69 Å². The van der Waals surface area contributed by atoms with Gasteiger partial charge in [0.05, 0.1) is 6.54 Å². The number of hydrogen-bond acceptors (Lipinski definition) is 4. The summed E-state index contributed by atoms with van der Waals surface area (Å²) >= 11 is 0. The molecule has 0 aliphatic heterocycles. The Balaban J connectivity index is 2.01. The zero-order valence-corrected chi connectivity index (χ0v) is 17.3. The van der Waals surface area contributed by atoms with E-state index in [2.05, 4.69) is 10.3 Å². The second-order valence-corrected chi connectivity index (χ2v) is 7.17. The van der Waals surface area contributed by atoms with Gasteiger partial charge >= 0.3 is 0 Å². The van der Waals surface area contributed by atoms with Crippen molar-refractivity contribution in [2.24, 2.45) is 0 Å². The van der Waals surface area contributed by atoms with Crippen LogP contribution in [0.4, 0.5) is 0 Å². The van der Waals surface area contributed by atoms with Gasteiger partial charge in [0.25, 0.3) is 5.91 Å². The fourth-order valence-electron chi connectivity index (χ4n) is 2.78. The van der Waals surface area contributed by atoms with Crippen LogP contribution in [0, 0.1) is 0 Å². The van der Waals surface area contributed by atoms with E-state index in [9.17, 15) is 9.59 Å². The highest BCUT2D eigenvalue weighted by atomic mass is 16.3. The zero-order valence-electron chi connectivity index (χ0n) is 17.3. The van der Waals surface area contributed by atoms with E-state index in [1.807, 2.05) is 58.0 Å². The van der Waals surface area contributed by atoms with Crippen LogP contribution in [0.3, 0.4) is 0 Å². The lowest BCUT2D eigenvalue weighted by molar-refractivity contribution is -0.134. The van der Waals surface area contributed by atoms with Gasteiger partial charge in [-0.3, -0.25) is 9.59 Å². The van der Waals surface area contributed by atoms with Crippen LogP contribution in [0.5, 0.6) is 0 Å². The Labute approximate surface area is 167 Å². The van der Waals surface area contributed by atoms with Crippen LogP contribution in [0.15, 0.2) is 41.0 Å². The molecule has 1 heterocycles. The number of aromatic nitrogens is 1. The minimum Gasteiger partial charge on any atom is -0.446 e. The van der Waals surface area contributed by atoms with E-state index in [0.29, 0.717) is 18.7 Å². The van der Waals surface area contributed by atoms with Crippen molar-refractivity contribution >= 4 is 11.8 Å². The Kier molecular flexibility index (Phi) is 8.23. The van der Waals surface area contributed by atoms with Crippen molar-refractivity contribution < 1.29 is 14.0 Å². The first kappa shape index (κ1) is 21.7. The van der Waals surface area contributed by atoms with Crippen LogP contribution < -0.4 is 5.32 Å². The average molecular weight is 386 g/mol. The molecule has 0 saturated heterocycles. The van der Waals surface area contributed by atoms with Crippen molar-refractivity contribution in [2.75, 3.05) is 0 Å². The number of hydrogen-bond donors (Lipinski definition) is 1. The third-order valence-electron chi connectivity index (χ3n) is 4.99. The number of benzene rings is 1. The lowest BCUT2D eigenvalue weighted by Crippen LogP contribution is -2.38. The predicted octanol–water partition coefficient (Wildman–Crippen LogP) is 3.96. The van der Waals surface area contributed by atoms with Crippen LogP contribution in [0.25, 0.3) is 0 Å². The molecule has 2 atom stereocenters. The van der Waals surface area contributed by atoms with Gasteiger partial charge in [-0.15, -0.1) is 0 Å². The number of nitrogens with zero attached hydrogens (tertiary/aromatic N) is 2. The summed E-state index contributed by atoms with van der Waals surface area (Å²) in [5, 5.41) is 2.87. The zero-order chi connectivity index (χ0) is 20.5. The molecule has 2 aromatic rings. The van der Waals surface area contributed by atoms with E-state index in [1.165, 1.54) is 6.26 Å². The van der Waals surface area contributed by atoms with Gasteiger partial charge in [-0.05, 0) is 38.7 Å². The summed E-state index contributed by atoms with van der Waals surface area (Å²) in [6, 6.07) is 10.1. The summed E-state index contributed by atoms with van der Waals surface area (Å²) in [5.41, 5.74) is 1.39. The van der Waals surface area contributed by atoms with E-state index in [1.54, 1.807) is 4.90 Å². The average Bonchev–Trinajstić information content (AvgIpc) is 3.19. The molecule has 1 aromatic heterocycles. The molecule has 6 heteroatoms. The Hall–Kier alpha value is -2.63. The van der Waals surface area contributed by atoms with Gasteiger partial charge in [-0.2, -0.15) is 0 Å². The number of rotatable bonds is 10. The van der Waals surface area contributed by atoms with Crippen LogP contribution >= 0.6 is 0 Å². The van der Waals surface area contributed by atoms with Gasteiger partial charge < -0.3 is 14.6 Å². The summed E-state index contributed by atoms with van der Waals surface area (Å²) in [5.74, 6) is 0.180. The molecular weight excluding hydrogens is 354 g/mol. The van der Waals surface area contributed by atoms with Crippen molar-refractivity contribution in [3.8, 4) is 0 Å². The van der Waals surface area contributed by atoms with Crippen LogP contribution in [-0.4, -0.2) is 33.8 Å². The Bertz CT molecular complexity index is 757. The molecule has 0 unspecified atom stereocenters. The van der Waals surface area contributed by atoms with Crippen LogP contribution in [0.1, 0.15) is 68.9 Å². The first-order valence-corrected chi connectivity index (χ1v) is 10.0. The molecule has 28 heavy (non-hydrogen) atoms. The van der Waals surface area contributed by atoms with Crippen molar-refractivity contribution in [1.29, 1.82) is 0 Å². The lowest BCUT2D eigenvalue weighted by atomic mass is 10.1. The van der Waals surface area contributed by atoms with Gasteiger partial charge in [-0.25, -0.2) is 4.98 Å². The maximum absolute atomic E-state index is 12.8. The number of amides is 2. The van der Waals surface area contributed by atoms with Crippen molar-refractivity contribution in [2.45, 2.75) is 72.0 Å². The van der Waals surface area contributed by atoms with Crippen LogP contribution in [0.2, 0.25) is 0 Å². The largest absolute Gasteiger partial charge is 0.446 e. The molecule has 1 N–H and O–H groups in total. The number of oxazole rings is 1. The Morgan fingerprint density at radius 1 is 1.14 bits per heavy atom. The normalized spacial score (nSPS) is 13.0. The fraction of sp³-hybridized carbons (Fsp3) is 0.500. The molecule has 1 aromatic carbocycles. The molecule has 152 valence electrons. The van der Waals surface area contributed by atoms with Crippen molar-refractivity contribution in [3.05, 3.63) is 53.7 Å². The highest BCUT2D eigenvalue weighted by molar-refractivity contribution is 5.92. The molecule has 0 aliphatic carbocycles. The maximum Gasteiger partial charge on any atom is 0.273 e. The topological polar surface area (TPSA) is 75.4 Å². The van der Waals surface area contributed by atoms with Gasteiger partial charge in [0.2, 0.25) is 11.8 Å². The highest BCUT2D eigenvalue weighted by Gasteiger charge is 2.22. The minimum atomic E-state index is -0.255. The number of aryl methyl sites for hydroxylation is 1. The molecular formula is C22H31N3O3. The second-order valence-electron chi connectivity index (χ2n) is 7.17. The van der Waals surface area contributed by atoms with Crippen molar-refractivity contribution in [3.63, 3.8) is 0 Å². The summed E-state index contributed by atoms with van der Waals surface area (Å²) in [6.45, 7) is 8.26.